The van der Waals surface area contributed by atoms with Crippen LogP contribution in [-0.4, -0.2) is 65.5 Å². The van der Waals surface area contributed by atoms with Crippen molar-refractivity contribution < 1.29 is 24.0 Å². The normalized spacial score (nSPS) is 25.3. The summed E-state index contributed by atoms with van der Waals surface area (Å²) in [6, 6.07) is -2.45. The number of rotatable bonds is 13. The third-order valence-electron chi connectivity index (χ3n) is 8.66. The molecule has 0 bridgehead atoms. The van der Waals surface area contributed by atoms with E-state index in [1.54, 1.807) is 17.1 Å². The highest BCUT2D eigenvalue weighted by atomic mass is 16.2. The Labute approximate surface area is 226 Å². The summed E-state index contributed by atoms with van der Waals surface area (Å²) in [5, 5.41) is 8.25. The van der Waals surface area contributed by atoms with Gasteiger partial charge in [0.05, 0.1) is 6.04 Å². The molecule has 3 fully saturated rings. The largest absolute Gasteiger partial charge is 0.349 e. The second-order valence-electron chi connectivity index (χ2n) is 11.6. The Kier molecular flexibility index (Phi) is 9.90. The molecule has 0 aromatic carbocycles. The zero-order chi connectivity index (χ0) is 28.0. The van der Waals surface area contributed by atoms with Gasteiger partial charge in [0.1, 0.15) is 12.1 Å². The molecule has 3 aliphatic rings. The van der Waals surface area contributed by atoms with Crippen molar-refractivity contribution in [2.45, 2.75) is 90.3 Å². The summed E-state index contributed by atoms with van der Waals surface area (Å²) in [7, 11) is 0. The fourth-order valence-corrected chi connectivity index (χ4v) is 6.40. The van der Waals surface area contributed by atoms with E-state index >= 15 is 0 Å². The van der Waals surface area contributed by atoms with Crippen LogP contribution in [0.15, 0.2) is 25.3 Å². The zero-order valence-corrected chi connectivity index (χ0v) is 23.1. The van der Waals surface area contributed by atoms with Crippen LogP contribution in [0.25, 0.3) is 0 Å². The summed E-state index contributed by atoms with van der Waals surface area (Å²) in [6.45, 7) is 13.6. The maximum atomic E-state index is 13.9. The first-order chi connectivity index (χ1) is 18.0. The van der Waals surface area contributed by atoms with Crippen LogP contribution in [0.5, 0.6) is 0 Å². The number of Topliss-reactive ketones (excluding diaryl/α,β-unsaturated/α-hetero) is 1. The third-order valence-corrected chi connectivity index (χ3v) is 8.66. The van der Waals surface area contributed by atoms with Gasteiger partial charge >= 0.3 is 0 Å². The van der Waals surface area contributed by atoms with Gasteiger partial charge in [-0.25, -0.2) is 0 Å². The second kappa shape index (κ2) is 12.7. The summed E-state index contributed by atoms with van der Waals surface area (Å²) < 4.78 is 0. The molecule has 1 saturated heterocycles. The van der Waals surface area contributed by atoms with Gasteiger partial charge in [-0.2, -0.15) is 0 Å². The highest BCUT2D eigenvalue weighted by Gasteiger charge is 2.69. The van der Waals surface area contributed by atoms with Gasteiger partial charge in [-0.3, -0.25) is 24.0 Å². The fourth-order valence-electron chi connectivity index (χ4n) is 6.40. The molecule has 0 radical (unpaired) electrons. The molecule has 2 aliphatic carbocycles. The molecule has 5 atom stereocenters. The van der Waals surface area contributed by atoms with Gasteiger partial charge in [-0.05, 0) is 55.3 Å². The number of carbonyl (C=O) groups excluding carboxylic acids is 5. The minimum atomic E-state index is -1.02. The summed E-state index contributed by atoms with van der Waals surface area (Å²) in [4.78, 5) is 66.7. The van der Waals surface area contributed by atoms with Crippen molar-refractivity contribution >= 4 is 29.4 Å². The number of ketones is 1. The second-order valence-corrected chi connectivity index (χ2v) is 11.6. The lowest BCUT2D eigenvalue weighted by atomic mass is 9.83. The molecule has 0 unspecified atom stereocenters. The number of carbonyl (C=O) groups is 5. The molecule has 0 aromatic rings. The Bertz CT molecular complexity index is 955. The van der Waals surface area contributed by atoms with E-state index in [-0.39, 0.29) is 47.9 Å². The highest BCUT2D eigenvalue weighted by molar-refractivity contribution is 6.38. The van der Waals surface area contributed by atoms with Crippen LogP contribution in [0.3, 0.4) is 0 Å². The Morgan fingerprint density at radius 1 is 1.00 bits per heavy atom. The summed E-state index contributed by atoms with van der Waals surface area (Å²) in [5.41, 5.74) is -0.115. The molecule has 210 valence electrons. The predicted octanol–water partition coefficient (Wildman–Crippen LogP) is 2.27. The first-order valence-corrected chi connectivity index (χ1v) is 14.0. The number of likely N-dealkylation sites (tertiary alicyclic amines) is 1. The van der Waals surface area contributed by atoms with Gasteiger partial charge < -0.3 is 20.9 Å². The van der Waals surface area contributed by atoms with E-state index in [0.29, 0.717) is 19.4 Å². The number of fused-ring (bicyclic) bond motifs is 1. The number of hydrogen-bond donors (Lipinski definition) is 3. The summed E-state index contributed by atoms with van der Waals surface area (Å²) >= 11 is 0. The SMILES string of the molecule is C=CCCNC(=O)C(=O)[C@H](CCC=C)NC(=O)[C@@H]1[C@@H]2[C@H](CN1C(=O)[C@@H](NC(C)=O)C1CCCCC1)C2(C)C. The van der Waals surface area contributed by atoms with E-state index < -0.39 is 35.7 Å². The summed E-state index contributed by atoms with van der Waals surface area (Å²) in [5.74, 6) is -2.25. The third kappa shape index (κ3) is 6.53. The van der Waals surface area contributed by atoms with Crippen molar-refractivity contribution in [2.24, 2.45) is 23.2 Å². The number of allylic oxidation sites excluding steroid dienone is 1. The Balaban J connectivity index is 1.80. The lowest BCUT2D eigenvalue weighted by molar-refractivity contribution is -0.145. The molecular formula is C29H44N4O5. The lowest BCUT2D eigenvalue weighted by Crippen LogP contribution is -2.59. The van der Waals surface area contributed by atoms with Gasteiger partial charge in [-0.15, -0.1) is 13.2 Å². The van der Waals surface area contributed by atoms with E-state index in [4.69, 9.17) is 0 Å². The monoisotopic (exact) mass is 528 g/mol. The van der Waals surface area contributed by atoms with Crippen molar-refractivity contribution in [1.82, 2.24) is 20.9 Å². The molecule has 3 rings (SSSR count). The number of nitrogens with one attached hydrogen (secondary N) is 3. The number of piperidine rings is 1. The van der Waals surface area contributed by atoms with Gasteiger partial charge in [0.2, 0.25) is 23.5 Å². The number of hydrogen-bond acceptors (Lipinski definition) is 5. The van der Waals surface area contributed by atoms with Crippen molar-refractivity contribution in [3.63, 3.8) is 0 Å². The Morgan fingerprint density at radius 2 is 1.66 bits per heavy atom. The van der Waals surface area contributed by atoms with E-state index in [0.717, 1.165) is 32.1 Å². The minimum absolute atomic E-state index is 0.0370. The van der Waals surface area contributed by atoms with Crippen molar-refractivity contribution in [2.75, 3.05) is 13.1 Å². The van der Waals surface area contributed by atoms with E-state index in [9.17, 15) is 24.0 Å². The van der Waals surface area contributed by atoms with Crippen molar-refractivity contribution in [3.05, 3.63) is 25.3 Å². The van der Waals surface area contributed by atoms with Crippen LogP contribution in [0.4, 0.5) is 0 Å². The highest BCUT2D eigenvalue weighted by Crippen LogP contribution is 2.65. The molecular weight excluding hydrogens is 484 g/mol. The van der Waals surface area contributed by atoms with Crippen LogP contribution in [0.2, 0.25) is 0 Å². The first kappa shape index (κ1) is 29.6. The van der Waals surface area contributed by atoms with E-state index in [1.807, 2.05) is 0 Å². The molecule has 38 heavy (non-hydrogen) atoms. The molecule has 9 nitrogen and oxygen atoms in total. The molecule has 4 amide bonds. The van der Waals surface area contributed by atoms with Crippen molar-refractivity contribution in [1.29, 1.82) is 0 Å². The quantitative estimate of drug-likeness (QED) is 0.192. The van der Waals surface area contributed by atoms with Crippen LogP contribution in [0, 0.1) is 23.2 Å². The molecule has 1 heterocycles. The van der Waals surface area contributed by atoms with Crippen molar-refractivity contribution in [3.8, 4) is 0 Å². The van der Waals surface area contributed by atoms with Crippen LogP contribution >= 0.6 is 0 Å². The lowest BCUT2D eigenvalue weighted by Gasteiger charge is -2.37. The predicted molar refractivity (Wildman–Crippen MR) is 145 cm³/mol. The molecule has 1 aliphatic heterocycles. The molecule has 0 spiro atoms. The summed E-state index contributed by atoms with van der Waals surface area (Å²) in [6.07, 6.45) is 9.33. The van der Waals surface area contributed by atoms with E-state index in [1.165, 1.54) is 6.92 Å². The molecule has 0 aromatic heterocycles. The fraction of sp³-hybridized carbons (Fsp3) is 0.690. The molecule has 9 heteroatoms. The maximum Gasteiger partial charge on any atom is 0.289 e. The zero-order valence-electron chi connectivity index (χ0n) is 23.1. The van der Waals surface area contributed by atoms with Gasteiger partial charge in [0, 0.05) is 20.0 Å². The number of nitrogens with zero attached hydrogens (tertiary/aromatic N) is 1. The maximum absolute atomic E-state index is 13.9. The minimum Gasteiger partial charge on any atom is -0.349 e. The average Bonchev–Trinajstić information content (AvgIpc) is 3.21. The smallest absolute Gasteiger partial charge is 0.289 e. The van der Waals surface area contributed by atoms with Gasteiger partial charge in [0.25, 0.3) is 5.91 Å². The van der Waals surface area contributed by atoms with Crippen LogP contribution in [0.1, 0.15) is 72.1 Å². The van der Waals surface area contributed by atoms with Crippen LogP contribution in [-0.2, 0) is 24.0 Å². The molecule has 2 saturated carbocycles. The Hall–Kier alpha value is -2.97. The standard InChI is InChI=1S/C29H44N4O5/c1-6-8-15-21(25(35)27(37)30-16-9-7-2)32-26(36)24-22-20(29(22,4)5)17-33(24)28(38)23(31-18(3)34)19-13-11-10-12-14-19/h6-7,19-24H,1-2,8-17H2,3-5H3,(H,30,37)(H,31,34)(H,32,36)/t20-,21-,22-,23-,24-/m0/s1. The van der Waals surface area contributed by atoms with Gasteiger partial charge in [-0.1, -0.05) is 45.3 Å². The topological polar surface area (TPSA) is 125 Å². The van der Waals surface area contributed by atoms with Crippen LogP contribution < -0.4 is 16.0 Å². The van der Waals surface area contributed by atoms with E-state index in [2.05, 4.69) is 43.0 Å². The number of amides is 4. The van der Waals surface area contributed by atoms with Gasteiger partial charge in [0.15, 0.2) is 0 Å². The molecule has 3 N–H and O–H groups in total. The Morgan fingerprint density at radius 3 is 2.26 bits per heavy atom. The average molecular weight is 529 g/mol. The first-order valence-electron chi connectivity index (χ1n) is 14.0.